The Hall–Kier alpha value is -1.61. The maximum Gasteiger partial charge on any atom is 0.405 e. The van der Waals surface area contributed by atoms with Crippen LogP contribution < -0.4 is 4.72 Å². The normalized spacial score (nSPS) is 15.2. The molecule has 9 heteroatoms. The van der Waals surface area contributed by atoms with Gasteiger partial charge in [-0.15, -0.1) is 0 Å². The fourth-order valence-electron chi connectivity index (χ4n) is 1.73. The highest BCUT2D eigenvalue weighted by molar-refractivity contribution is 7.89. The zero-order valence-electron chi connectivity index (χ0n) is 12.1. The first-order valence-corrected chi connectivity index (χ1v) is 7.71. The van der Waals surface area contributed by atoms with Crippen LogP contribution in [-0.4, -0.2) is 33.7 Å². The van der Waals surface area contributed by atoms with Crippen LogP contribution in [0, 0.1) is 12.8 Å². The van der Waals surface area contributed by atoms with Crippen molar-refractivity contribution in [3.63, 3.8) is 0 Å². The maximum absolute atomic E-state index is 13.0. The van der Waals surface area contributed by atoms with Gasteiger partial charge < -0.3 is 4.74 Å². The molecule has 0 saturated carbocycles. The van der Waals surface area contributed by atoms with Crippen LogP contribution in [0.3, 0.4) is 0 Å². The number of rotatable bonds is 5. The van der Waals surface area contributed by atoms with Crippen molar-refractivity contribution in [2.45, 2.75) is 31.0 Å². The number of carbonyl (C=O) groups is 1. The summed E-state index contributed by atoms with van der Waals surface area (Å²) >= 11 is 0. The van der Waals surface area contributed by atoms with Crippen molar-refractivity contribution in [2.75, 3.05) is 7.11 Å². The lowest BCUT2D eigenvalue weighted by atomic mass is 10.0. The van der Waals surface area contributed by atoms with Gasteiger partial charge in [0.25, 0.3) is 0 Å². The molecule has 0 heterocycles. The maximum atomic E-state index is 13.0. The monoisotopic (exact) mass is 339 g/mol. The third-order valence-corrected chi connectivity index (χ3v) is 4.50. The number of sulfonamides is 1. The lowest BCUT2D eigenvalue weighted by molar-refractivity contribution is -0.175. The number of aryl methyl sites for hydroxylation is 1. The van der Waals surface area contributed by atoms with Crippen LogP contribution in [0.25, 0.3) is 0 Å². The van der Waals surface area contributed by atoms with Gasteiger partial charge in [0.1, 0.15) is 6.04 Å². The van der Waals surface area contributed by atoms with Gasteiger partial charge >= 0.3 is 12.1 Å². The van der Waals surface area contributed by atoms with Crippen LogP contribution >= 0.6 is 0 Å². The van der Waals surface area contributed by atoms with Crippen LogP contribution in [0.5, 0.6) is 0 Å². The van der Waals surface area contributed by atoms with Gasteiger partial charge in [-0.2, -0.15) is 17.9 Å². The molecule has 22 heavy (non-hydrogen) atoms. The molecule has 0 fully saturated rings. The third kappa shape index (κ3) is 4.44. The Kier molecular flexibility index (Phi) is 5.58. The van der Waals surface area contributed by atoms with Crippen LogP contribution in [0.4, 0.5) is 13.2 Å². The molecule has 1 aromatic rings. The number of halogens is 3. The Balaban J connectivity index is 3.13. The Bertz CT molecular complexity index is 626. The first-order valence-electron chi connectivity index (χ1n) is 6.22. The molecular formula is C13H16F3NO4S. The van der Waals surface area contributed by atoms with Crippen molar-refractivity contribution in [1.82, 2.24) is 4.72 Å². The van der Waals surface area contributed by atoms with Crippen molar-refractivity contribution < 1.29 is 31.1 Å². The van der Waals surface area contributed by atoms with E-state index in [1.165, 1.54) is 29.0 Å². The highest BCUT2D eigenvalue weighted by Crippen LogP contribution is 2.28. The second-order valence-corrected chi connectivity index (χ2v) is 6.48. The number of alkyl halides is 3. The van der Waals surface area contributed by atoms with E-state index in [-0.39, 0.29) is 4.90 Å². The number of nitrogens with one attached hydrogen (secondary N) is 1. The van der Waals surface area contributed by atoms with E-state index in [9.17, 15) is 26.4 Å². The molecule has 1 aromatic carbocycles. The molecule has 2 atom stereocenters. The second-order valence-electron chi connectivity index (χ2n) is 4.77. The van der Waals surface area contributed by atoms with Gasteiger partial charge in [0.15, 0.2) is 0 Å². The Morgan fingerprint density at radius 2 is 1.73 bits per heavy atom. The van der Waals surface area contributed by atoms with Crippen molar-refractivity contribution in [3.8, 4) is 0 Å². The minimum absolute atomic E-state index is 0.315. The molecule has 0 unspecified atom stereocenters. The highest BCUT2D eigenvalue weighted by Gasteiger charge is 2.48. The Morgan fingerprint density at radius 1 is 1.23 bits per heavy atom. The van der Waals surface area contributed by atoms with Crippen LogP contribution in [-0.2, 0) is 19.6 Å². The molecule has 0 amide bonds. The van der Waals surface area contributed by atoms with Crippen LogP contribution in [0.15, 0.2) is 29.2 Å². The zero-order chi connectivity index (χ0) is 17.1. The SMILES string of the molecule is COC(=O)[C@@H](C)[C@@H](NS(=O)(=O)c1ccc(C)cc1)C(F)(F)F. The van der Waals surface area contributed by atoms with Gasteiger partial charge in [-0.1, -0.05) is 24.6 Å². The van der Waals surface area contributed by atoms with E-state index in [1.54, 1.807) is 6.92 Å². The summed E-state index contributed by atoms with van der Waals surface area (Å²) in [5, 5.41) is 0. The first-order chi connectivity index (χ1) is 9.99. The van der Waals surface area contributed by atoms with Gasteiger partial charge in [-0.25, -0.2) is 8.42 Å². The van der Waals surface area contributed by atoms with E-state index < -0.39 is 34.1 Å². The van der Waals surface area contributed by atoms with Gasteiger partial charge in [0.2, 0.25) is 10.0 Å². The first kappa shape index (κ1) is 18.4. The van der Waals surface area contributed by atoms with Crippen molar-refractivity contribution in [1.29, 1.82) is 0 Å². The Morgan fingerprint density at radius 3 is 2.14 bits per heavy atom. The average molecular weight is 339 g/mol. The number of hydrogen-bond donors (Lipinski definition) is 1. The predicted octanol–water partition coefficient (Wildman–Crippen LogP) is 2.01. The molecule has 5 nitrogen and oxygen atoms in total. The smallest absolute Gasteiger partial charge is 0.405 e. The summed E-state index contributed by atoms with van der Waals surface area (Å²) in [5.41, 5.74) is 0.759. The van der Waals surface area contributed by atoms with Crippen molar-refractivity contribution in [3.05, 3.63) is 29.8 Å². The summed E-state index contributed by atoms with van der Waals surface area (Å²) in [5.74, 6) is -2.88. The van der Waals surface area contributed by atoms with Crippen LogP contribution in [0.2, 0.25) is 0 Å². The molecule has 0 aromatic heterocycles. The van der Waals surface area contributed by atoms with E-state index in [4.69, 9.17) is 0 Å². The molecule has 0 saturated heterocycles. The summed E-state index contributed by atoms with van der Waals surface area (Å²) in [6, 6.07) is 2.72. The fourth-order valence-corrected chi connectivity index (χ4v) is 3.03. The van der Waals surface area contributed by atoms with Crippen molar-refractivity contribution >= 4 is 16.0 Å². The molecule has 0 spiro atoms. The number of ether oxygens (including phenoxy) is 1. The molecule has 1 N–H and O–H groups in total. The second kappa shape index (κ2) is 6.66. The topological polar surface area (TPSA) is 72.5 Å². The number of methoxy groups -OCH3 is 1. The Labute approximate surface area is 126 Å². The standard InChI is InChI=1S/C13H16F3NO4S/c1-8-4-6-10(7-5-8)22(19,20)17-11(13(14,15)16)9(2)12(18)21-3/h4-7,9,11,17H,1-3H3/t9-,11+/m0/s1. The van der Waals surface area contributed by atoms with E-state index >= 15 is 0 Å². The predicted molar refractivity (Wildman–Crippen MR) is 72.5 cm³/mol. The molecule has 0 aliphatic heterocycles. The van der Waals surface area contributed by atoms with E-state index in [1.807, 2.05) is 0 Å². The molecule has 0 bridgehead atoms. The molecule has 0 radical (unpaired) electrons. The molecule has 1 rings (SSSR count). The van der Waals surface area contributed by atoms with Gasteiger partial charge in [-0.05, 0) is 19.1 Å². The summed E-state index contributed by atoms with van der Waals surface area (Å²) < 4.78 is 69.0. The molecule has 0 aliphatic rings. The summed E-state index contributed by atoms with van der Waals surface area (Å²) in [6.07, 6.45) is -4.94. The highest BCUT2D eigenvalue weighted by atomic mass is 32.2. The fraction of sp³-hybridized carbons (Fsp3) is 0.462. The van der Waals surface area contributed by atoms with Gasteiger partial charge in [-0.3, -0.25) is 4.79 Å². The lowest BCUT2D eigenvalue weighted by Gasteiger charge is -2.25. The summed E-state index contributed by atoms with van der Waals surface area (Å²) in [6.45, 7) is 2.66. The molecule has 124 valence electrons. The summed E-state index contributed by atoms with van der Waals surface area (Å²) in [7, 11) is -3.49. The minimum atomic E-state index is -4.94. The largest absolute Gasteiger partial charge is 0.469 e. The number of carbonyl (C=O) groups excluding carboxylic acids is 1. The van der Waals surface area contributed by atoms with Crippen molar-refractivity contribution in [2.24, 2.45) is 5.92 Å². The van der Waals surface area contributed by atoms with Gasteiger partial charge in [0.05, 0.1) is 17.9 Å². The number of hydrogen-bond acceptors (Lipinski definition) is 4. The lowest BCUT2D eigenvalue weighted by Crippen LogP contribution is -2.51. The van der Waals surface area contributed by atoms with Crippen LogP contribution in [0.1, 0.15) is 12.5 Å². The van der Waals surface area contributed by atoms with E-state index in [0.717, 1.165) is 19.6 Å². The number of benzene rings is 1. The van der Waals surface area contributed by atoms with E-state index in [2.05, 4.69) is 4.74 Å². The number of esters is 1. The molecular weight excluding hydrogens is 323 g/mol. The zero-order valence-corrected chi connectivity index (χ0v) is 13.0. The summed E-state index contributed by atoms with van der Waals surface area (Å²) in [4.78, 5) is 11.0. The minimum Gasteiger partial charge on any atom is -0.469 e. The average Bonchev–Trinajstić information content (AvgIpc) is 2.42. The molecule has 0 aliphatic carbocycles. The van der Waals surface area contributed by atoms with E-state index in [0.29, 0.717) is 0 Å². The quantitative estimate of drug-likeness (QED) is 0.833. The van der Waals surface area contributed by atoms with Gasteiger partial charge in [0, 0.05) is 0 Å². The third-order valence-electron chi connectivity index (χ3n) is 3.04.